The molecule has 152 valence electrons. The minimum Gasteiger partial charge on any atom is -0.354 e. The van der Waals surface area contributed by atoms with E-state index in [2.05, 4.69) is 20.6 Å². The molecule has 0 aliphatic carbocycles. The van der Waals surface area contributed by atoms with E-state index in [1.165, 1.54) is 0 Å². The van der Waals surface area contributed by atoms with Crippen LogP contribution in [0, 0.1) is 6.92 Å². The first-order valence-corrected chi connectivity index (χ1v) is 10.3. The summed E-state index contributed by atoms with van der Waals surface area (Å²) in [5.41, 5.74) is 7.63. The second-order valence-electron chi connectivity index (χ2n) is 7.34. The van der Waals surface area contributed by atoms with Gasteiger partial charge in [0.2, 0.25) is 0 Å². The lowest BCUT2D eigenvalue weighted by Crippen LogP contribution is -2.10. The number of aryl methyl sites for hydroxylation is 1. The maximum atomic E-state index is 12.9. The molecule has 0 bridgehead atoms. The number of carbonyl (C=O) groups is 1. The minimum absolute atomic E-state index is 0.160. The van der Waals surface area contributed by atoms with Gasteiger partial charge in [-0.1, -0.05) is 60.1 Å². The number of amides is 1. The molecular weight excluding hydrogens is 408 g/mol. The zero-order chi connectivity index (χ0) is 21.4. The summed E-state index contributed by atoms with van der Waals surface area (Å²) >= 11 is 6.12. The standard InChI is InChI=1S/C25H19ClN4O/c1-15-23(28-14-27-15)17-7-10-19(11-8-17)29-24(16-5-3-2-4-6-16)22-20-12-9-18(26)13-21(20)30-25(22)31/h2-14,29H,1H3,(H,27,28)(H,30,31)/b24-22-. The summed E-state index contributed by atoms with van der Waals surface area (Å²) < 4.78 is 0. The van der Waals surface area contributed by atoms with Gasteiger partial charge >= 0.3 is 0 Å². The van der Waals surface area contributed by atoms with Gasteiger partial charge in [0.25, 0.3) is 5.91 Å². The molecule has 0 radical (unpaired) electrons. The van der Waals surface area contributed by atoms with E-state index >= 15 is 0 Å². The lowest BCUT2D eigenvalue weighted by molar-refractivity contribution is -0.110. The molecule has 0 fully saturated rings. The number of H-pyrrole nitrogens is 1. The Morgan fingerprint density at radius 1 is 1.00 bits per heavy atom. The van der Waals surface area contributed by atoms with Crippen LogP contribution in [0.2, 0.25) is 5.02 Å². The molecule has 0 saturated carbocycles. The number of imidazole rings is 1. The van der Waals surface area contributed by atoms with E-state index in [-0.39, 0.29) is 5.91 Å². The predicted molar refractivity (Wildman–Crippen MR) is 126 cm³/mol. The summed E-state index contributed by atoms with van der Waals surface area (Å²) in [4.78, 5) is 20.4. The Morgan fingerprint density at radius 3 is 2.48 bits per heavy atom. The topological polar surface area (TPSA) is 69.8 Å². The smallest absolute Gasteiger partial charge is 0.258 e. The number of fused-ring (bicyclic) bond motifs is 1. The number of hydrogen-bond donors (Lipinski definition) is 3. The maximum Gasteiger partial charge on any atom is 0.258 e. The van der Waals surface area contributed by atoms with Crippen LogP contribution in [0.15, 0.2) is 79.1 Å². The van der Waals surface area contributed by atoms with E-state index in [1.54, 1.807) is 18.5 Å². The molecule has 0 atom stereocenters. The Balaban J connectivity index is 1.59. The first-order chi connectivity index (χ1) is 15.1. The van der Waals surface area contributed by atoms with Crippen LogP contribution in [-0.2, 0) is 4.79 Å². The van der Waals surface area contributed by atoms with Gasteiger partial charge in [-0.05, 0) is 36.8 Å². The fourth-order valence-electron chi connectivity index (χ4n) is 3.78. The third-order valence-corrected chi connectivity index (χ3v) is 5.53. The molecule has 0 unspecified atom stereocenters. The van der Waals surface area contributed by atoms with E-state index in [9.17, 15) is 4.79 Å². The minimum atomic E-state index is -0.160. The molecule has 0 saturated heterocycles. The molecule has 3 aromatic carbocycles. The Hall–Kier alpha value is -3.83. The molecule has 6 heteroatoms. The molecule has 1 aromatic heterocycles. The molecule has 1 aliphatic heterocycles. The highest BCUT2D eigenvalue weighted by molar-refractivity contribution is 6.38. The number of nitrogens with zero attached hydrogens (tertiary/aromatic N) is 1. The van der Waals surface area contributed by atoms with E-state index in [4.69, 9.17) is 11.6 Å². The van der Waals surface area contributed by atoms with Crippen LogP contribution in [0.3, 0.4) is 0 Å². The Labute approximate surface area is 184 Å². The van der Waals surface area contributed by atoms with Crippen LogP contribution in [0.5, 0.6) is 0 Å². The van der Waals surface area contributed by atoms with Crippen LogP contribution in [-0.4, -0.2) is 15.9 Å². The number of halogens is 1. The third-order valence-electron chi connectivity index (χ3n) is 5.30. The number of anilines is 2. The van der Waals surface area contributed by atoms with Crippen LogP contribution in [0.1, 0.15) is 16.8 Å². The second kappa shape index (κ2) is 7.78. The molecule has 3 N–H and O–H groups in total. The molecule has 5 nitrogen and oxygen atoms in total. The van der Waals surface area contributed by atoms with E-state index in [0.29, 0.717) is 16.3 Å². The van der Waals surface area contributed by atoms with Gasteiger partial charge in [0, 0.05) is 27.5 Å². The van der Waals surface area contributed by atoms with Crippen LogP contribution >= 0.6 is 11.6 Å². The van der Waals surface area contributed by atoms with E-state index in [1.807, 2.05) is 67.6 Å². The molecule has 0 spiro atoms. The van der Waals surface area contributed by atoms with Gasteiger partial charge in [-0.25, -0.2) is 4.98 Å². The summed E-state index contributed by atoms with van der Waals surface area (Å²) in [6, 6.07) is 23.3. The van der Waals surface area contributed by atoms with Gasteiger partial charge in [0.15, 0.2) is 0 Å². The van der Waals surface area contributed by atoms with Crippen LogP contribution in [0.25, 0.3) is 22.5 Å². The molecule has 2 heterocycles. The zero-order valence-corrected chi connectivity index (χ0v) is 17.5. The molecule has 4 aromatic rings. The second-order valence-corrected chi connectivity index (χ2v) is 7.77. The third kappa shape index (κ3) is 3.60. The average molecular weight is 427 g/mol. The highest BCUT2D eigenvalue weighted by atomic mass is 35.5. The predicted octanol–water partition coefficient (Wildman–Crippen LogP) is 5.97. The molecule has 5 rings (SSSR count). The van der Waals surface area contributed by atoms with E-state index < -0.39 is 0 Å². The largest absolute Gasteiger partial charge is 0.354 e. The van der Waals surface area contributed by atoms with Crippen molar-refractivity contribution in [1.82, 2.24) is 9.97 Å². The van der Waals surface area contributed by atoms with Crippen LogP contribution < -0.4 is 10.6 Å². The van der Waals surface area contributed by atoms with Crippen LogP contribution in [0.4, 0.5) is 11.4 Å². The first-order valence-electron chi connectivity index (χ1n) is 9.88. The number of rotatable bonds is 4. The monoisotopic (exact) mass is 426 g/mol. The number of aromatic amines is 1. The number of hydrogen-bond acceptors (Lipinski definition) is 3. The number of nitrogens with one attached hydrogen (secondary N) is 3. The number of benzene rings is 3. The lowest BCUT2D eigenvalue weighted by atomic mass is 10.00. The summed E-state index contributed by atoms with van der Waals surface area (Å²) in [6.07, 6.45) is 1.69. The Kier molecular flexibility index (Phi) is 4.81. The SMILES string of the molecule is Cc1[nH]cnc1-c1ccc(N/C(=C2\C(=O)Nc3cc(Cl)ccc32)c2ccccc2)cc1. The zero-order valence-electron chi connectivity index (χ0n) is 16.7. The van der Waals surface area contributed by atoms with Gasteiger partial charge in [-0.3, -0.25) is 4.79 Å². The number of aromatic nitrogens is 2. The molecular formula is C25H19ClN4O. The summed E-state index contributed by atoms with van der Waals surface area (Å²) in [6.45, 7) is 1.99. The highest BCUT2D eigenvalue weighted by Gasteiger charge is 2.28. The fourth-order valence-corrected chi connectivity index (χ4v) is 3.95. The molecule has 1 aliphatic rings. The van der Waals surface area contributed by atoms with Gasteiger partial charge in [0.05, 0.1) is 29.0 Å². The van der Waals surface area contributed by atoms with Gasteiger partial charge in [-0.15, -0.1) is 0 Å². The van der Waals surface area contributed by atoms with Crippen molar-refractivity contribution in [2.75, 3.05) is 10.6 Å². The fraction of sp³-hybridized carbons (Fsp3) is 0.0400. The van der Waals surface area contributed by atoms with Crippen molar-refractivity contribution in [2.45, 2.75) is 6.92 Å². The van der Waals surface area contributed by atoms with Crippen molar-refractivity contribution in [3.63, 3.8) is 0 Å². The first kappa shape index (κ1) is 19.2. The van der Waals surface area contributed by atoms with Crippen molar-refractivity contribution >= 4 is 40.2 Å². The van der Waals surface area contributed by atoms with Gasteiger partial charge in [0.1, 0.15) is 0 Å². The van der Waals surface area contributed by atoms with Crippen molar-refractivity contribution in [1.29, 1.82) is 0 Å². The van der Waals surface area contributed by atoms with Crippen molar-refractivity contribution in [2.24, 2.45) is 0 Å². The van der Waals surface area contributed by atoms with Gasteiger partial charge in [-0.2, -0.15) is 0 Å². The van der Waals surface area contributed by atoms with E-state index in [0.717, 1.165) is 39.5 Å². The lowest BCUT2D eigenvalue weighted by Gasteiger charge is -2.15. The quantitative estimate of drug-likeness (QED) is 0.352. The maximum absolute atomic E-state index is 12.9. The molecule has 1 amide bonds. The Bertz CT molecular complexity index is 1310. The van der Waals surface area contributed by atoms with Crippen molar-refractivity contribution < 1.29 is 4.79 Å². The molecule has 31 heavy (non-hydrogen) atoms. The summed E-state index contributed by atoms with van der Waals surface area (Å²) in [5.74, 6) is -0.160. The van der Waals surface area contributed by atoms with Crippen molar-refractivity contribution in [3.05, 3.63) is 101 Å². The normalized spacial score (nSPS) is 14.2. The Morgan fingerprint density at radius 2 is 1.77 bits per heavy atom. The number of carbonyl (C=O) groups excluding carboxylic acids is 1. The summed E-state index contributed by atoms with van der Waals surface area (Å²) in [5, 5.41) is 6.98. The average Bonchev–Trinajstić information content (AvgIpc) is 3.35. The summed E-state index contributed by atoms with van der Waals surface area (Å²) in [7, 11) is 0. The van der Waals surface area contributed by atoms with Gasteiger partial charge < -0.3 is 15.6 Å². The van der Waals surface area contributed by atoms with Crippen molar-refractivity contribution in [3.8, 4) is 11.3 Å². The highest BCUT2D eigenvalue weighted by Crippen LogP contribution is 2.38.